The lowest BCUT2D eigenvalue weighted by Crippen LogP contribution is -2.31. The summed E-state index contributed by atoms with van der Waals surface area (Å²) in [7, 11) is 0. The highest BCUT2D eigenvalue weighted by molar-refractivity contribution is 4.70. The molecule has 0 aliphatic carbocycles. The standard InChI is InChI=1S/C13H28N2/c1-4-13(2,3)12-14-8-7-11-15-9-5-6-10-15/h14H,4-12H2,1-3H3. The average Bonchev–Trinajstić information content (AvgIpc) is 2.70. The molecule has 0 saturated carbocycles. The molecule has 0 aromatic carbocycles. The predicted octanol–water partition coefficient (Wildman–Crippen LogP) is 2.50. The van der Waals surface area contributed by atoms with Crippen LogP contribution < -0.4 is 5.32 Å². The Morgan fingerprint density at radius 2 is 1.87 bits per heavy atom. The molecule has 0 spiro atoms. The lowest BCUT2D eigenvalue weighted by atomic mass is 9.90. The van der Waals surface area contributed by atoms with E-state index in [1.165, 1.54) is 51.9 Å². The fourth-order valence-electron chi connectivity index (χ4n) is 1.99. The molecule has 0 aromatic rings. The van der Waals surface area contributed by atoms with Gasteiger partial charge in [-0.05, 0) is 57.3 Å². The number of hydrogen-bond acceptors (Lipinski definition) is 2. The van der Waals surface area contributed by atoms with E-state index in [0.29, 0.717) is 5.41 Å². The van der Waals surface area contributed by atoms with E-state index in [0.717, 1.165) is 6.54 Å². The van der Waals surface area contributed by atoms with Crippen LogP contribution in [0.15, 0.2) is 0 Å². The fourth-order valence-corrected chi connectivity index (χ4v) is 1.99. The quantitative estimate of drug-likeness (QED) is 0.652. The Labute approximate surface area is 95.4 Å². The maximum absolute atomic E-state index is 3.57. The number of nitrogens with zero attached hydrogens (tertiary/aromatic N) is 1. The van der Waals surface area contributed by atoms with Crippen molar-refractivity contribution in [1.29, 1.82) is 0 Å². The van der Waals surface area contributed by atoms with Crippen LogP contribution in [0.25, 0.3) is 0 Å². The van der Waals surface area contributed by atoms with Gasteiger partial charge in [0.2, 0.25) is 0 Å². The first-order valence-electron chi connectivity index (χ1n) is 6.57. The second-order valence-corrected chi connectivity index (χ2v) is 5.60. The molecule has 2 heteroatoms. The molecule has 0 atom stereocenters. The van der Waals surface area contributed by atoms with E-state index in [1.807, 2.05) is 0 Å². The fraction of sp³-hybridized carbons (Fsp3) is 1.00. The first-order valence-corrected chi connectivity index (χ1v) is 6.57. The minimum absolute atomic E-state index is 0.466. The Balaban J connectivity index is 1.92. The van der Waals surface area contributed by atoms with Gasteiger partial charge in [-0.2, -0.15) is 0 Å². The van der Waals surface area contributed by atoms with Crippen molar-refractivity contribution < 1.29 is 0 Å². The molecule has 90 valence electrons. The van der Waals surface area contributed by atoms with Crippen LogP contribution in [0.2, 0.25) is 0 Å². The first kappa shape index (κ1) is 13.0. The van der Waals surface area contributed by atoms with Gasteiger partial charge in [-0.3, -0.25) is 0 Å². The zero-order chi connectivity index (χ0) is 11.1. The third-order valence-electron chi connectivity index (χ3n) is 3.59. The van der Waals surface area contributed by atoms with Gasteiger partial charge in [-0.25, -0.2) is 0 Å². The third kappa shape index (κ3) is 5.53. The van der Waals surface area contributed by atoms with E-state index in [9.17, 15) is 0 Å². The van der Waals surface area contributed by atoms with E-state index in [-0.39, 0.29) is 0 Å². The van der Waals surface area contributed by atoms with Gasteiger partial charge in [0, 0.05) is 6.54 Å². The van der Waals surface area contributed by atoms with Crippen molar-refractivity contribution in [3.8, 4) is 0 Å². The Bertz CT molecular complexity index is 160. The number of nitrogens with one attached hydrogen (secondary N) is 1. The second kappa shape index (κ2) is 6.49. The van der Waals surface area contributed by atoms with Gasteiger partial charge in [0.15, 0.2) is 0 Å². The van der Waals surface area contributed by atoms with E-state index in [4.69, 9.17) is 0 Å². The van der Waals surface area contributed by atoms with Crippen LogP contribution in [0, 0.1) is 5.41 Å². The predicted molar refractivity (Wildman–Crippen MR) is 67.2 cm³/mol. The van der Waals surface area contributed by atoms with Gasteiger partial charge >= 0.3 is 0 Å². The second-order valence-electron chi connectivity index (χ2n) is 5.60. The molecule has 1 aliphatic rings. The number of likely N-dealkylation sites (tertiary alicyclic amines) is 1. The molecule has 1 saturated heterocycles. The van der Waals surface area contributed by atoms with Gasteiger partial charge in [0.05, 0.1) is 0 Å². The zero-order valence-corrected chi connectivity index (χ0v) is 10.8. The summed E-state index contributed by atoms with van der Waals surface area (Å²) in [6.45, 7) is 13.2. The Kier molecular flexibility index (Phi) is 5.62. The van der Waals surface area contributed by atoms with Crippen LogP contribution >= 0.6 is 0 Å². The summed E-state index contributed by atoms with van der Waals surface area (Å²) in [5.74, 6) is 0. The van der Waals surface area contributed by atoms with Crippen molar-refractivity contribution in [3.05, 3.63) is 0 Å². The number of rotatable bonds is 7. The molecular formula is C13H28N2. The van der Waals surface area contributed by atoms with Crippen LogP contribution in [0.5, 0.6) is 0 Å². The summed E-state index contributed by atoms with van der Waals surface area (Å²) in [6.07, 6.45) is 5.39. The highest BCUT2D eigenvalue weighted by Gasteiger charge is 2.14. The summed E-state index contributed by atoms with van der Waals surface area (Å²) >= 11 is 0. The Morgan fingerprint density at radius 3 is 2.47 bits per heavy atom. The Hall–Kier alpha value is -0.0800. The molecule has 0 aromatic heterocycles. The molecule has 0 unspecified atom stereocenters. The van der Waals surface area contributed by atoms with E-state index < -0.39 is 0 Å². The molecular weight excluding hydrogens is 184 g/mol. The molecule has 2 nitrogen and oxygen atoms in total. The molecule has 1 fully saturated rings. The van der Waals surface area contributed by atoms with Crippen molar-refractivity contribution in [2.45, 2.75) is 46.5 Å². The molecule has 1 heterocycles. The van der Waals surface area contributed by atoms with Crippen LogP contribution in [0.4, 0.5) is 0 Å². The van der Waals surface area contributed by atoms with Gasteiger partial charge in [0.25, 0.3) is 0 Å². The normalized spacial score (nSPS) is 18.6. The van der Waals surface area contributed by atoms with Crippen LogP contribution in [-0.4, -0.2) is 37.6 Å². The molecule has 0 amide bonds. The number of hydrogen-bond donors (Lipinski definition) is 1. The summed E-state index contributed by atoms with van der Waals surface area (Å²) < 4.78 is 0. The molecule has 0 radical (unpaired) electrons. The highest BCUT2D eigenvalue weighted by Crippen LogP contribution is 2.17. The molecule has 1 N–H and O–H groups in total. The molecule has 15 heavy (non-hydrogen) atoms. The van der Waals surface area contributed by atoms with Gasteiger partial charge in [-0.1, -0.05) is 20.8 Å². The third-order valence-corrected chi connectivity index (χ3v) is 3.59. The van der Waals surface area contributed by atoms with Gasteiger partial charge < -0.3 is 10.2 Å². The van der Waals surface area contributed by atoms with Crippen LogP contribution in [0.1, 0.15) is 46.5 Å². The summed E-state index contributed by atoms with van der Waals surface area (Å²) in [4.78, 5) is 2.59. The zero-order valence-electron chi connectivity index (χ0n) is 10.8. The maximum Gasteiger partial charge on any atom is 0.000242 e. The van der Waals surface area contributed by atoms with Crippen molar-refractivity contribution >= 4 is 0 Å². The Morgan fingerprint density at radius 1 is 1.20 bits per heavy atom. The first-order chi connectivity index (χ1) is 7.14. The molecule has 1 rings (SSSR count). The summed E-state index contributed by atoms with van der Waals surface area (Å²) in [5, 5.41) is 3.57. The van der Waals surface area contributed by atoms with E-state index in [1.54, 1.807) is 0 Å². The minimum Gasteiger partial charge on any atom is -0.316 e. The smallest absolute Gasteiger partial charge is 0.000242 e. The lowest BCUT2D eigenvalue weighted by Gasteiger charge is -2.23. The van der Waals surface area contributed by atoms with Crippen molar-refractivity contribution in [2.75, 3.05) is 32.7 Å². The molecule has 0 bridgehead atoms. The highest BCUT2D eigenvalue weighted by atomic mass is 15.1. The van der Waals surface area contributed by atoms with Crippen molar-refractivity contribution in [2.24, 2.45) is 5.41 Å². The monoisotopic (exact) mass is 212 g/mol. The topological polar surface area (TPSA) is 15.3 Å². The van der Waals surface area contributed by atoms with E-state index in [2.05, 4.69) is 31.0 Å². The lowest BCUT2D eigenvalue weighted by molar-refractivity contribution is 0.307. The summed E-state index contributed by atoms with van der Waals surface area (Å²) in [6, 6.07) is 0. The minimum atomic E-state index is 0.466. The maximum atomic E-state index is 3.57. The van der Waals surface area contributed by atoms with Crippen LogP contribution in [-0.2, 0) is 0 Å². The van der Waals surface area contributed by atoms with Crippen LogP contribution in [0.3, 0.4) is 0 Å². The van der Waals surface area contributed by atoms with Gasteiger partial charge in [-0.15, -0.1) is 0 Å². The van der Waals surface area contributed by atoms with Crippen molar-refractivity contribution in [3.63, 3.8) is 0 Å². The largest absolute Gasteiger partial charge is 0.316 e. The van der Waals surface area contributed by atoms with Crippen molar-refractivity contribution in [1.82, 2.24) is 10.2 Å². The van der Waals surface area contributed by atoms with E-state index >= 15 is 0 Å². The summed E-state index contributed by atoms with van der Waals surface area (Å²) in [5.41, 5.74) is 0.466. The van der Waals surface area contributed by atoms with Gasteiger partial charge in [0.1, 0.15) is 0 Å². The SMILES string of the molecule is CCC(C)(C)CNCCCN1CCCC1. The average molecular weight is 212 g/mol. The molecule has 1 aliphatic heterocycles.